The van der Waals surface area contributed by atoms with E-state index < -0.39 is 35.0 Å². The summed E-state index contributed by atoms with van der Waals surface area (Å²) in [5.74, 6) is -0.754. The normalized spacial score (nSPS) is 12.8. The Balaban J connectivity index is 1.14. The monoisotopic (exact) mass is 773 g/mol. The molecule has 0 unspecified atom stereocenters. The fraction of sp³-hybridized carbons (Fsp3) is 0.348. The number of ether oxygens (including phenoxy) is 4. The second kappa shape index (κ2) is 19.4. The third-order valence-corrected chi connectivity index (χ3v) is 9.78. The maximum absolute atomic E-state index is 14.2. The summed E-state index contributed by atoms with van der Waals surface area (Å²) in [6, 6.07) is 35.6. The van der Waals surface area contributed by atoms with Crippen molar-refractivity contribution in [2.24, 2.45) is 0 Å². The molecule has 1 atom stereocenters. The Morgan fingerprint density at radius 2 is 1.30 bits per heavy atom. The van der Waals surface area contributed by atoms with E-state index in [1.165, 1.54) is 21.7 Å². The number of esters is 1. The summed E-state index contributed by atoms with van der Waals surface area (Å²) < 4.78 is 26.2. The third-order valence-electron chi connectivity index (χ3n) is 9.78. The minimum Gasteiger partial charge on any atom is -0.458 e. The van der Waals surface area contributed by atoms with Gasteiger partial charge in [0.25, 0.3) is 5.56 Å². The standard InChI is InChI=1S/C46H51N3O8/c1-46(2,3)57-43(51)41(32-54-29-34-17-7-4-8-18-34)48(45(53)56-31-40-38-23-13-11-21-36(38)37-22-12-14-24-39(37)40)27-16-6-15-26-47-28-25-42(50)49(44(47)52)33-55-30-35-19-9-5-10-20-35/h4-5,7-14,17-25,28,40-41H,6,15-16,26-27,29-33H2,1-3H3/t41-/m0/s1. The smallest absolute Gasteiger partial charge is 0.410 e. The van der Waals surface area contributed by atoms with E-state index >= 15 is 0 Å². The molecule has 0 N–H and O–H groups in total. The molecule has 0 bridgehead atoms. The number of carbonyl (C=O) groups is 2. The van der Waals surface area contributed by atoms with Crippen LogP contribution in [0.1, 0.15) is 68.2 Å². The van der Waals surface area contributed by atoms with Gasteiger partial charge < -0.3 is 23.5 Å². The van der Waals surface area contributed by atoms with Gasteiger partial charge in [-0.3, -0.25) is 9.69 Å². The van der Waals surface area contributed by atoms with Crippen molar-refractivity contribution < 1.29 is 28.5 Å². The second-order valence-electron chi connectivity index (χ2n) is 15.1. The number of hydrogen-bond donors (Lipinski definition) is 0. The molecule has 0 saturated carbocycles. The molecule has 1 aliphatic carbocycles. The summed E-state index contributed by atoms with van der Waals surface area (Å²) in [5, 5.41) is 0. The highest BCUT2D eigenvalue weighted by Crippen LogP contribution is 2.44. The van der Waals surface area contributed by atoms with Crippen LogP contribution in [0.5, 0.6) is 0 Å². The van der Waals surface area contributed by atoms with Gasteiger partial charge in [0.1, 0.15) is 18.9 Å². The van der Waals surface area contributed by atoms with Gasteiger partial charge >= 0.3 is 17.8 Å². The number of unbranched alkanes of at least 4 members (excludes halogenated alkanes) is 2. The van der Waals surface area contributed by atoms with Gasteiger partial charge in [0, 0.05) is 31.3 Å². The molecule has 1 aromatic heterocycles. The molecular formula is C46H51N3O8. The van der Waals surface area contributed by atoms with Gasteiger partial charge in [0.05, 0.1) is 19.8 Å². The molecular weight excluding hydrogens is 723 g/mol. The Labute approximate surface area is 333 Å². The first-order valence-electron chi connectivity index (χ1n) is 19.5. The number of rotatable bonds is 18. The van der Waals surface area contributed by atoms with Crippen LogP contribution in [0.15, 0.2) is 131 Å². The summed E-state index contributed by atoms with van der Waals surface area (Å²) >= 11 is 0. The summed E-state index contributed by atoms with van der Waals surface area (Å²) in [7, 11) is 0. The minimum atomic E-state index is -1.08. The number of amides is 1. The Bertz CT molecular complexity index is 2170. The zero-order chi connectivity index (χ0) is 40.2. The van der Waals surface area contributed by atoms with Crippen LogP contribution >= 0.6 is 0 Å². The van der Waals surface area contributed by atoms with E-state index in [2.05, 4.69) is 24.3 Å². The van der Waals surface area contributed by atoms with E-state index in [-0.39, 0.29) is 45.6 Å². The number of aryl methyl sites for hydroxylation is 1. The molecule has 6 rings (SSSR count). The van der Waals surface area contributed by atoms with Crippen molar-refractivity contribution in [1.82, 2.24) is 14.0 Å². The van der Waals surface area contributed by atoms with Gasteiger partial charge in [-0.2, -0.15) is 0 Å². The average molecular weight is 774 g/mol. The van der Waals surface area contributed by atoms with E-state index in [0.29, 0.717) is 25.8 Å². The van der Waals surface area contributed by atoms with Crippen LogP contribution in [0.2, 0.25) is 0 Å². The molecule has 0 saturated heterocycles. The van der Waals surface area contributed by atoms with Gasteiger partial charge in [0.2, 0.25) is 0 Å². The van der Waals surface area contributed by atoms with Gasteiger partial charge in [0.15, 0.2) is 6.04 Å². The lowest BCUT2D eigenvalue weighted by atomic mass is 9.98. The molecule has 5 aromatic rings. The maximum atomic E-state index is 14.2. The fourth-order valence-corrected chi connectivity index (χ4v) is 6.98. The Morgan fingerprint density at radius 1 is 0.719 bits per heavy atom. The molecule has 11 heteroatoms. The van der Waals surface area contributed by atoms with Crippen LogP contribution in [-0.2, 0) is 50.2 Å². The van der Waals surface area contributed by atoms with Crippen molar-refractivity contribution in [2.75, 3.05) is 19.8 Å². The molecule has 0 spiro atoms. The highest BCUT2D eigenvalue weighted by molar-refractivity contribution is 5.82. The van der Waals surface area contributed by atoms with E-state index in [4.69, 9.17) is 18.9 Å². The summed E-state index contributed by atoms with van der Waals surface area (Å²) in [6.07, 6.45) is 2.52. The van der Waals surface area contributed by atoms with Crippen molar-refractivity contribution in [3.05, 3.63) is 165 Å². The molecule has 1 amide bonds. The van der Waals surface area contributed by atoms with Gasteiger partial charge in [-0.1, -0.05) is 109 Å². The summed E-state index contributed by atoms with van der Waals surface area (Å²) in [5.41, 5.74) is 4.54. The van der Waals surface area contributed by atoms with Crippen LogP contribution in [0.3, 0.4) is 0 Å². The van der Waals surface area contributed by atoms with Crippen LogP contribution in [-0.4, -0.2) is 57.5 Å². The molecule has 11 nitrogen and oxygen atoms in total. The number of carbonyl (C=O) groups excluding carboxylic acids is 2. The Hall–Kier alpha value is -5.78. The third kappa shape index (κ3) is 11.0. The molecule has 0 radical (unpaired) electrons. The van der Waals surface area contributed by atoms with Crippen LogP contribution in [0.4, 0.5) is 4.79 Å². The average Bonchev–Trinajstić information content (AvgIpc) is 3.53. The lowest BCUT2D eigenvalue weighted by molar-refractivity contribution is -0.163. The Morgan fingerprint density at radius 3 is 1.91 bits per heavy atom. The molecule has 0 aliphatic heterocycles. The zero-order valence-corrected chi connectivity index (χ0v) is 32.9. The molecule has 4 aromatic carbocycles. The molecule has 1 heterocycles. The first-order valence-corrected chi connectivity index (χ1v) is 19.5. The van der Waals surface area contributed by atoms with E-state index in [9.17, 15) is 19.2 Å². The van der Waals surface area contributed by atoms with E-state index in [1.54, 1.807) is 20.8 Å². The van der Waals surface area contributed by atoms with Crippen molar-refractivity contribution in [2.45, 2.75) is 84.1 Å². The fourth-order valence-electron chi connectivity index (χ4n) is 6.98. The van der Waals surface area contributed by atoms with Crippen molar-refractivity contribution >= 4 is 12.1 Å². The van der Waals surface area contributed by atoms with Crippen molar-refractivity contribution in [1.29, 1.82) is 0 Å². The molecule has 57 heavy (non-hydrogen) atoms. The minimum absolute atomic E-state index is 0.0863. The quantitative estimate of drug-likeness (QED) is 0.0663. The first-order chi connectivity index (χ1) is 27.6. The van der Waals surface area contributed by atoms with E-state index in [1.807, 2.05) is 84.9 Å². The largest absolute Gasteiger partial charge is 0.458 e. The van der Waals surface area contributed by atoms with Crippen LogP contribution in [0.25, 0.3) is 11.1 Å². The van der Waals surface area contributed by atoms with Crippen molar-refractivity contribution in [3.63, 3.8) is 0 Å². The van der Waals surface area contributed by atoms with Crippen LogP contribution in [0, 0.1) is 0 Å². The van der Waals surface area contributed by atoms with Gasteiger partial charge in [-0.25, -0.2) is 19.0 Å². The molecule has 0 fully saturated rings. The number of fused-ring (bicyclic) bond motifs is 3. The molecule has 298 valence electrons. The number of aromatic nitrogens is 2. The highest BCUT2D eigenvalue weighted by atomic mass is 16.6. The predicted octanol–water partition coefficient (Wildman–Crippen LogP) is 7.53. The Kier molecular flexibility index (Phi) is 13.9. The topological polar surface area (TPSA) is 118 Å². The summed E-state index contributed by atoms with van der Waals surface area (Å²) in [4.78, 5) is 55.2. The number of nitrogens with zero attached hydrogens (tertiary/aromatic N) is 3. The zero-order valence-electron chi connectivity index (χ0n) is 32.9. The highest BCUT2D eigenvalue weighted by Gasteiger charge is 2.36. The van der Waals surface area contributed by atoms with Crippen LogP contribution < -0.4 is 11.2 Å². The lowest BCUT2D eigenvalue weighted by Crippen LogP contribution is -2.50. The first kappa shape index (κ1) is 40.9. The number of benzene rings is 4. The maximum Gasteiger partial charge on any atom is 0.410 e. The van der Waals surface area contributed by atoms with Gasteiger partial charge in [-0.15, -0.1) is 0 Å². The molecule has 1 aliphatic rings. The van der Waals surface area contributed by atoms with Gasteiger partial charge in [-0.05, 0) is 73.4 Å². The van der Waals surface area contributed by atoms with Crippen molar-refractivity contribution in [3.8, 4) is 11.1 Å². The summed E-state index contributed by atoms with van der Waals surface area (Å²) in [6.45, 7) is 6.20. The SMILES string of the molecule is CC(C)(C)OC(=O)[C@H](COCc1ccccc1)N(CCCCCn1ccc(=O)n(COCc2ccccc2)c1=O)C(=O)OCC1c2ccccc2-c2ccccc21. The number of hydrogen-bond acceptors (Lipinski definition) is 8. The predicted molar refractivity (Wildman–Crippen MR) is 218 cm³/mol. The lowest BCUT2D eigenvalue weighted by Gasteiger charge is -2.32. The second-order valence-corrected chi connectivity index (χ2v) is 15.1. The van der Waals surface area contributed by atoms with E-state index in [0.717, 1.165) is 37.9 Å².